The van der Waals surface area contributed by atoms with E-state index in [0.717, 1.165) is 49.4 Å². The SMILES string of the molecule is CC#Cc1nc2c3cnn(CCN4CCN(c5cccc([C@@H](C)O)c5)CC4)c3nc(N)n2n1. The third-order valence-corrected chi connectivity index (χ3v) is 6.05. The van der Waals surface area contributed by atoms with Gasteiger partial charge in [-0.25, -0.2) is 4.68 Å². The highest BCUT2D eigenvalue weighted by Crippen LogP contribution is 2.22. The smallest absolute Gasteiger partial charge is 0.226 e. The summed E-state index contributed by atoms with van der Waals surface area (Å²) in [6.07, 6.45) is 1.31. The first-order valence-corrected chi connectivity index (χ1v) is 11.1. The van der Waals surface area contributed by atoms with Crippen molar-refractivity contribution < 1.29 is 5.11 Å². The number of rotatable bonds is 5. The number of piperazine rings is 1. The van der Waals surface area contributed by atoms with Gasteiger partial charge in [0.1, 0.15) is 0 Å². The molecule has 4 heterocycles. The molecular formula is C23H27N9O. The molecule has 0 aliphatic carbocycles. The van der Waals surface area contributed by atoms with E-state index in [1.54, 1.807) is 20.0 Å². The summed E-state index contributed by atoms with van der Waals surface area (Å²) in [5.74, 6) is 6.35. The summed E-state index contributed by atoms with van der Waals surface area (Å²) in [4.78, 5) is 13.8. The Morgan fingerprint density at radius 1 is 1.12 bits per heavy atom. The number of aliphatic hydroxyl groups is 1. The molecule has 1 atom stereocenters. The number of benzene rings is 1. The van der Waals surface area contributed by atoms with E-state index in [2.05, 4.69) is 53.9 Å². The van der Waals surface area contributed by atoms with Crippen molar-refractivity contribution in [2.24, 2.45) is 0 Å². The molecule has 0 unspecified atom stereocenters. The predicted molar refractivity (Wildman–Crippen MR) is 127 cm³/mol. The highest BCUT2D eigenvalue weighted by atomic mass is 16.3. The monoisotopic (exact) mass is 445 g/mol. The van der Waals surface area contributed by atoms with Gasteiger partial charge in [0, 0.05) is 38.4 Å². The van der Waals surface area contributed by atoms with Gasteiger partial charge >= 0.3 is 0 Å². The van der Waals surface area contributed by atoms with Crippen molar-refractivity contribution in [2.75, 3.05) is 43.4 Å². The molecule has 1 saturated heterocycles. The Kier molecular flexibility index (Phi) is 5.58. The van der Waals surface area contributed by atoms with Crippen LogP contribution in [0.4, 0.5) is 11.6 Å². The number of fused-ring (bicyclic) bond motifs is 3. The van der Waals surface area contributed by atoms with E-state index in [1.165, 1.54) is 4.52 Å². The van der Waals surface area contributed by atoms with Crippen molar-refractivity contribution in [3.8, 4) is 11.8 Å². The molecule has 1 aromatic carbocycles. The zero-order chi connectivity index (χ0) is 22.9. The van der Waals surface area contributed by atoms with Crippen molar-refractivity contribution in [1.29, 1.82) is 0 Å². The molecule has 0 amide bonds. The summed E-state index contributed by atoms with van der Waals surface area (Å²) in [7, 11) is 0. The van der Waals surface area contributed by atoms with E-state index >= 15 is 0 Å². The maximum Gasteiger partial charge on any atom is 0.226 e. The second kappa shape index (κ2) is 8.69. The summed E-state index contributed by atoms with van der Waals surface area (Å²) < 4.78 is 3.39. The van der Waals surface area contributed by atoms with E-state index in [0.29, 0.717) is 23.7 Å². The van der Waals surface area contributed by atoms with E-state index < -0.39 is 6.10 Å². The van der Waals surface area contributed by atoms with E-state index in [9.17, 15) is 5.11 Å². The fraction of sp³-hybridized carbons (Fsp3) is 0.391. The van der Waals surface area contributed by atoms with Crippen LogP contribution in [-0.2, 0) is 6.54 Å². The van der Waals surface area contributed by atoms with E-state index in [4.69, 9.17) is 5.73 Å². The normalized spacial score (nSPS) is 15.7. The first-order valence-electron chi connectivity index (χ1n) is 11.1. The molecule has 3 N–H and O–H groups in total. The fourth-order valence-corrected chi connectivity index (χ4v) is 4.23. The molecule has 1 fully saturated rings. The molecule has 0 bridgehead atoms. The molecular weight excluding hydrogens is 418 g/mol. The zero-order valence-corrected chi connectivity index (χ0v) is 18.8. The Balaban J connectivity index is 1.26. The van der Waals surface area contributed by atoms with Gasteiger partial charge in [-0.2, -0.15) is 19.6 Å². The van der Waals surface area contributed by atoms with Gasteiger partial charge in [0.15, 0.2) is 11.3 Å². The van der Waals surface area contributed by atoms with Gasteiger partial charge in [-0.1, -0.05) is 18.1 Å². The standard InChI is InChI=1S/C23H27N9O/c1-3-5-20-26-22-19-15-25-31(21(19)27-23(24)32(22)28-20)13-10-29-8-11-30(12-9-29)18-7-4-6-17(14-18)16(2)33/h4,6-7,14-16,33H,8-13H2,1-2H3,(H2,24,27)/t16-/m1/s1. The number of nitrogens with two attached hydrogens (primary N) is 1. The Morgan fingerprint density at radius 3 is 2.70 bits per heavy atom. The lowest BCUT2D eigenvalue weighted by Crippen LogP contribution is -2.47. The fourth-order valence-electron chi connectivity index (χ4n) is 4.23. The summed E-state index contributed by atoms with van der Waals surface area (Å²) in [6, 6.07) is 8.16. The van der Waals surface area contributed by atoms with Crippen molar-refractivity contribution in [3.63, 3.8) is 0 Å². The molecule has 0 saturated carbocycles. The van der Waals surface area contributed by atoms with Gasteiger partial charge < -0.3 is 15.7 Å². The minimum atomic E-state index is -0.456. The second-order valence-corrected chi connectivity index (χ2v) is 8.22. The minimum Gasteiger partial charge on any atom is -0.389 e. The molecule has 33 heavy (non-hydrogen) atoms. The van der Waals surface area contributed by atoms with Gasteiger partial charge in [0.25, 0.3) is 0 Å². The lowest BCUT2D eigenvalue weighted by atomic mass is 10.1. The topological polar surface area (TPSA) is 114 Å². The highest BCUT2D eigenvalue weighted by Gasteiger charge is 2.19. The molecule has 1 aliphatic heterocycles. The van der Waals surface area contributed by atoms with Gasteiger partial charge in [0.05, 0.1) is 24.2 Å². The van der Waals surface area contributed by atoms with Gasteiger partial charge in [-0.3, -0.25) is 4.90 Å². The lowest BCUT2D eigenvalue weighted by Gasteiger charge is -2.36. The van der Waals surface area contributed by atoms with Gasteiger partial charge in [0.2, 0.25) is 11.8 Å². The van der Waals surface area contributed by atoms with Crippen LogP contribution in [0.2, 0.25) is 0 Å². The van der Waals surface area contributed by atoms with Crippen LogP contribution in [0.3, 0.4) is 0 Å². The van der Waals surface area contributed by atoms with Crippen molar-refractivity contribution in [3.05, 3.63) is 41.9 Å². The first kappa shape index (κ1) is 21.2. The summed E-state index contributed by atoms with van der Waals surface area (Å²) in [6.45, 7) is 8.91. The molecule has 1 aliphatic rings. The Bertz CT molecular complexity index is 1350. The van der Waals surface area contributed by atoms with Crippen LogP contribution < -0.4 is 10.6 Å². The Hall–Kier alpha value is -3.68. The maximum atomic E-state index is 9.86. The average molecular weight is 446 g/mol. The highest BCUT2D eigenvalue weighted by molar-refractivity contribution is 5.89. The number of anilines is 2. The van der Waals surface area contributed by atoms with Gasteiger partial charge in [-0.15, -0.1) is 5.10 Å². The number of hydrogen-bond acceptors (Lipinski definition) is 8. The van der Waals surface area contributed by atoms with E-state index in [-0.39, 0.29) is 5.95 Å². The molecule has 10 nitrogen and oxygen atoms in total. The molecule has 5 rings (SSSR count). The van der Waals surface area contributed by atoms with Crippen molar-refractivity contribution in [1.82, 2.24) is 34.3 Å². The maximum absolute atomic E-state index is 9.86. The molecule has 10 heteroatoms. The van der Waals surface area contributed by atoms with Crippen LogP contribution in [0.25, 0.3) is 16.7 Å². The zero-order valence-electron chi connectivity index (χ0n) is 18.8. The number of aromatic nitrogens is 6. The largest absolute Gasteiger partial charge is 0.389 e. The van der Waals surface area contributed by atoms with E-state index in [1.807, 2.05) is 16.8 Å². The molecule has 3 aromatic heterocycles. The van der Waals surface area contributed by atoms with Crippen LogP contribution in [-0.4, -0.2) is 72.1 Å². The summed E-state index contributed by atoms with van der Waals surface area (Å²) in [5.41, 5.74) is 9.56. The Morgan fingerprint density at radius 2 is 1.94 bits per heavy atom. The van der Waals surface area contributed by atoms with Crippen LogP contribution in [0.5, 0.6) is 0 Å². The Labute approximate surface area is 191 Å². The molecule has 170 valence electrons. The first-order chi connectivity index (χ1) is 16.0. The third-order valence-electron chi connectivity index (χ3n) is 6.05. The number of hydrogen-bond donors (Lipinski definition) is 2. The van der Waals surface area contributed by atoms with Crippen LogP contribution in [0.1, 0.15) is 31.3 Å². The average Bonchev–Trinajstić information content (AvgIpc) is 3.43. The number of aliphatic hydroxyl groups excluding tert-OH is 1. The summed E-state index contributed by atoms with van der Waals surface area (Å²) >= 11 is 0. The molecule has 0 spiro atoms. The van der Waals surface area contributed by atoms with Crippen molar-refractivity contribution >= 4 is 28.3 Å². The van der Waals surface area contributed by atoms with Gasteiger partial charge in [-0.05, 0) is 37.5 Å². The third kappa shape index (κ3) is 4.08. The molecule has 0 radical (unpaired) electrons. The van der Waals surface area contributed by atoms with Crippen LogP contribution in [0.15, 0.2) is 30.5 Å². The second-order valence-electron chi connectivity index (χ2n) is 8.22. The predicted octanol–water partition coefficient (Wildman–Crippen LogP) is 1.30. The number of nitrogens with zero attached hydrogens (tertiary/aromatic N) is 8. The van der Waals surface area contributed by atoms with Crippen LogP contribution in [0, 0.1) is 11.8 Å². The van der Waals surface area contributed by atoms with Crippen molar-refractivity contribution in [2.45, 2.75) is 26.5 Å². The van der Waals surface area contributed by atoms with Crippen LogP contribution >= 0.6 is 0 Å². The quantitative estimate of drug-likeness (QED) is 0.442. The summed E-state index contributed by atoms with van der Waals surface area (Å²) in [5, 5.41) is 19.5. The minimum absolute atomic E-state index is 0.268. The molecule has 4 aromatic rings. The lowest BCUT2D eigenvalue weighted by molar-refractivity contribution is 0.199. The number of nitrogen functional groups attached to an aromatic ring is 1.